The van der Waals surface area contributed by atoms with E-state index >= 15 is 0 Å². The standard InChI is InChI=1S/C15H8ClF2NO2/c16-9-1-4-12(18)8(5-9)7-19-13-6-10(17)2-3-11(13)14(20)15(19)21/h1-6H,7H2. The van der Waals surface area contributed by atoms with E-state index in [0.717, 1.165) is 17.0 Å². The van der Waals surface area contributed by atoms with Crippen LogP contribution in [-0.4, -0.2) is 11.7 Å². The first-order valence-electron chi connectivity index (χ1n) is 6.07. The number of anilines is 1. The van der Waals surface area contributed by atoms with Gasteiger partial charge in [0.25, 0.3) is 11.7 Å². The minimum absolute atomic E-state index is 0.115. The SMILES string of the molecule is O=C1C(=O)N(Cc2cc(Cl)ccc2F)c2cc(F)ccc21. The molecule has 0 spiro atoms. The third kappa shape index (κ3) is 2.29. The van der Waals surface area contributed by atoms with E-state index in [2.05, 4.69) is 0 Å². The van der Waals surface area contributed by atoms with Gasteiger partial charge in [0, 0.05) is 10.6 Å². The van der Waals surface area contributed by atoms with Gasteiger partial charge in [0.05, 0.1) is 17.8 Å². The Morgan fingerprint density at radius 3 is 2.57 bits per heavy atom. The molecule has 0 bridgehead atoms. The van der Waals surface area contributed by atoms with Crippen LogP contribution in [0.2, 0.25) is 5.02 Å². The van der Waals surface area contributed by atoms with E-state index in [4.69, 9.17) is 11.6 Å². The molecule has 0 fully saturated rings. The Labute approximate surface area is 123 Å². The largest absolute Gasteiger partial charge is 0.300 e. The maximum atomic E-state index is 13.7. The van der Waals surface area contributed by atoms with Gasteiger partial charge in [-0.2, -0.15) is 0 Å². The Kier molecular flexibility index (Phi) is 3.22. The number of hydrogen-bond acceptors (Lipinski definition) is 2. The van der Waals surface area contributed by atoms with Crippen LogP contribution >= 0.6 is 11.6 Å². The number of nitrogens with zero attached hydrogens (tertiary/aromatic N) is 1. The van der Waals surface area contributed by atoms with Crippen LogP contribution in [0.5, 0.6) is 0 Å². The molecule has 0 saturated carbocycles. The fourth-order valence-corrected chi connectivity index (χ4v) is 2.45. The summed E-state index contributed by atoms with van der Waals surface area (Å²) in [4.78, 5) is 24.9. The lowest BCUT2D eigenvalue weighted by atomic mass is 10.1. The van der Waals surface area contributed by atoms with Crippen molar-refractivity contribution < 1.29 is 18.4 Å². The van der Waals surface area contributed by atoms with Crippen molar-refractivity contribution in [1.82, 2.24) is 0 Å². The van der Waals surface area contributed by atoms with Crippen molar-refractivity contribution in [2.24, 2.45) is 0 Å². The topological polar surface area (TPSA) is 37.4 Å². The molecule has 0 atom stereocenters. The zero-order valence-electron chi connectivity index (χ0n) is 10.6. The highest BCUT2D eigenvalue weighted by molar-refractivity contribution is 6.52. The van der Waals surface area contributed by atoms with Crippen LogP contribution in [-0.2, 0) is 11.3 Å². The van der Waals surface area contributed by atoms with Crippen LogP contribution in [0.25, 0.3) is 0 Å². The van der Waals surface area contributed by atoms with Crippen LogP contribution in [0.3, 0.4) is 0 Å². The maximum Gasteiger partial charge on any atom is 0.299 e. The second-order valence-corrected chi connectivity index (χ2v) is 5.05. The van der Waals surface area contributed by atoms with Gasteiger partial charge >= 0.3 is 0 Å². The van der Waals surface area contributed by atoms with E-state index in [1.807, 2.05) is 0 Å². The highest BCUT2D eigenvalue weighted by atomic mass is 35.5. The molecule has 2 aromatic rings. The first-order valence-corrected chi connectivity index (χ1v) is 6.45. The van der Waals surface area contributed by atoms with Crippen LogP contribution in [0, 0.1) is 11.6 Å². The van der Waals surface area contributed by atoms with Gasteiger partial charge in [0.15, 0.2) is 0 Å². The minimum Gasteiger partial charge on any atom is -0.300 e. The summed E-state index contributed by atoms with van der Waals surface area (Å²) in [6.45, 7) is -0.187. The molecule has 0 radical (unpaired) electrons. The first-order chi connectivity index (χ1) is 9.97. The molecule has 1 heterocycles. The molecule has 0 aliphatic carbocycles. The van der Waals surface area contributed by atoms with Gasteiger partial charge in [-0.3, -0.25) is 9.59 Å². The van der Waals surface area contributed by atoms with Crippen molar-refractivity contribution in [2.45, 2.75) is 6.54 Å². The lowest BCUT2D eigenvalue weighted by Crippen LogP contribution is -2.29. The molecule has 0 unspecified atom stereocenters. The summed E-state index contributed by atoms with van der Waals surface area (Å²) in [5.74, 6) is -2.67. The Morgan fingerprint density at radius 2 is 1.81 bits per heavy atom. The second-order valence-electron chi connectivity index (χ2n) is 4.62. The van der Waals surface area contributed by atoms with E-state index in [0.29, 0.717) is 5.02 Å². The predicted octanol–water partition coefficient (Wildman–Crippen LogP) is 3.35. The second kappa shape index (κ2) is 4.93. The Hall–Kier alpha value is -2.27. The molecule has 0 aromatic heterocycles. The summed E-state index contributed by atoms with van der Waals surface area (Å²) in [5.41, 5.74) is 0.411. The number of ketones is 1. The lowest BCUT2D eigenvalue weighted by molar-refractivity contribution is -0.114. The quantitative estimate of drug-likeness (QED) is 0.798. The van der Waals surface area contributed by atoms with Gasteiger partial charge in [-0.15, -0.1) is 0 Å². The van der Waals surface area contributed by atoms with Gasteiger partial charge < -0.3 is 4.90 Å². The first kappa shape index (κ1) is 13.7. The Balaban J connectivity index is 2.04. The normalized spacial score (nSPS) is 13.8. The van der Waals surface area contributed by atoms with Gasteiger partial charge in [0.2, 0.25) is 0 Å². The van der Waals surface area contributed by atoms with Gasteiger partial charge in [-0.1, -0.05) is 11.6 Å². The summed E-state index contributed by atoms with van der Waals surface area (Å²) < 4.78 is 27.1. The number of hydrogen-bond donors (Lipinski definition) is 0. The molecular formula is C15H8ClF2NO2. The minimum atomic E-state index is -0.810. The van der Waals surface area contributed by atoms with Gasteiger partial charge in [-0.25, -0.2) is 8.78 Å². The molecule has 1 aliphatic heterocycles. The molecule has 3 nitrogen and oxygen atoms in total. The van der Waals surface area contributed by atoms with Crippen molar-refractivity contribution in [3.05, 3.63) is 64.2 Å². The third-order valence-corrected chi connectivity index (χ3v) is 3.51. The van der Waals surface area contributed by atoms with Crippen molar-refractivity contribution in [1.29, 1.82) is 0 Å². The lowest BCUT2D eigenvalue weighted by Gasteiger charge is -2.17. The number of fused-ring (bicyclic) bond motifs is 1. The highest BCUT2D eigenvalue weighted by Crippen LogP contribution is 2.31. The van der Waals surface area contributed by atoms with Crippen LogP contribution in [0.15, 0.2) is 36.4 Å². The highest BCUT2D eigenvalue weighted by Gasteiger charge is 2.36. The molecule has 3 rings (SSSR count). The number of carbonyl (C=O) groups excluding carboxylic acids is 2. The van der Waals surface area contributed by atoms with E-state index in [-0.39, 0.29) is 23.4 Å². The number of benzene rings is 2. The van der Waals surface area contributed by atoms with E-state index < -0.39 is 23.3 Å². The molecule has 1 amide bonds. The molecule has 106 valence electrons. The average Bonchev–Trinajstić information content (AvgIpc) is 2.67. The third-order valence-electron chi connectivity index (χ3n) is 3.27. The fourth-order valence-electron chi connectivity index (χ4n) is 2.26. The number of halogens is 3. The van der Waals surface area contributed by atoms with E-state index in [1.165, 1.54) is 24.3 Å². The average molecular weight is 308 g/mol. The molecule has 21 heavy (non-hydrogen) atoms. The number of amides is 1. The molecule has 6 heteroatoms. The smallest absolute Gasteiger partial charge is 0.299 e. The fraction of sp³-hybridized carbons (Fsp3) is 0.0667. The van der Waals surface area contributed by atoms with E-state index in [9.17, 15) is 18.4 Å². The number of carbonyl (C=O) groups is 2. The molecule has 0 saturated heterocycles. The summed E-state index contributed by atoms with van der Waals surface area (Å²) in [7, 11) is 0. The summed E-state index contributed by atoms with van der Waals surface area (Å²) in [6, 6.07) is 7.36. The van der Waals surface area contributed by atoms with Crippen molar-refractivity contribution >= 4 is 29.0 Å². The van der Waals surface area contributed by atoms with Gasteiger partial charge in [-0.05, 0) is 36.4 Å². The monoisotopic (exact) mass is 307 g/mol. The van der Waals surface area contributed by atoms with Crippen LogP contribution in [0.1, 0.15) is 15.9 Å². The summed E-state index contributed by atoms with van der Waals surface area (Å²) in [5, 5.41) is 0.309. The number of rotatable bonds is 2. The van der Waals surface area contributed by atoms with E-state index in [1.54, 1.807) is 0 Å². The van der Waals surface area contributed by atoms with Gasteiger partial charge in [0.1, 0.15) is 11.6 Å². The molecular weight excluding hydrogens is 300 g/mol. The predicted molar refractivity (Wildman–Crippen MR) is 73.3 cm³/mol. The van der Waals surface area contributed by atoms with Crippen molar-refractivity contribution in [3.8, 4) is 0 Å². The van der Waals surface area contributed by atoms with Crippen molar-refractivity contribution in [3.63, 3.8) is 0 Å². The Morgan fingerprint density at radius 1 is 1.05 bits per heavy atom. The zero-order valence-corrected chi connectivity index (χ0v) is 11.3. The maximum absolute atomic E-state index is 13.7. The molecule has 1 aliphatic rings. The Bertz CT molecular complexity index is 776. The summed E-state index contributed by atoms with van der Waals surface area (Å²) >= 11 is 5.80. The summed E-state index contributed by atoms with van der Waals surface area (Å²) in [6.07, 6.45) is 0. The number of Topliss-reactive ketones (excluding diaryl/α,β-unsaturated/α-hetero) is 1. The van der Waals surface area contributed by atoms with Crippen LogP contribution in [0.4, 0.5) is 14.5 Å². The zero-order chi connectivity index (χ0) is 15.1. The molecule has 2 aromatic carbocycles. The molecule has 0 N–H and O–H groups in total. The van der Waals surface area contributed by atoms with Crippen LogP contribution < -0.4 is 4.90 Å². The van der Waals surface area contributed by atoms with Crippen molar-refractivity contribution in [2.75, 3.05) is 4.90 Å².